The fraction of sp³-hybridized carbons (Fsp3) is 0.0455. The van der Waals surface area contributed by atoms with E-state index in [1.54, 1.807) is 0 Å². The number of amides is 1. The summed E-state index contributed by atoms with van der Waals surface area (Å²) in [6.07, 6.45) is -4.41. The Bertz CT molecular complexity index is 1160. The largest absolute Gasteiger partial charge is 0.416 e. The molecule has 2 nitrogen and oxygen atoms in total. The normalized spacial score (nSPS) is 11.7. The number of halogens is 3. The van der Waals surface area contributed by atoms with Gasteiger partial charge < -0.3 is 5.73 Å². The minimum absolute atomic E-state index is 0.333. The first-order valence-corrected chi connectivity index (χ1v) is 9.25. The summed E-state index contributed by atoms with van der Waals surface area (Å²) in [6.45, 7) is 0. The lowest BCUT2D eigenvalue weighted by Gasteiger charge is -2.07. The lowest BCUT2D eigenvalue weighted by Crippen LogP contribution is -2.11. The Labute approximate surface area is 163 Å². The first-order valence-electron chi connectivity index (χ1n) is 8.44. The van der Waals surface area contributed by atoms with Gasteiger partial charge in [-0.15, -0.1) is 11.3 Å². The van der Waals surface area contributed by atoms with Crippen molar-refractivity contribution in [3.05, 3.63) is 83.9 Å². The second kappa shape index (κ2) is 6.80. The van der Waals surface area contributed by atoms with Gasteiger partial charge in [0.2, 0.25) is 0 Å². The van der Waals surface area contributed by atoms with E-state index in [9.17, 15) is 18.0 Å². The molecule has 0 aliphatic rings. The maximum absolute atomic E-state index is 12.8. The van der Waals surface area contributed by atoms with Crippen molar-refractivity contribution in [3.63, 3.8) is 0 Å². The molecule has 140 valence electrons. The average Bonchev–Trinajstić information content (AvgIpc) is 3.07. The van der Waals surface area contributed by atoms with Gasteiger partial charge >= 0.3 is 6.18 Å². The van der Waals surface area contributed by atoms with Gasteiger partial charge in [0.05, 0.1) is 11.1 Å². The molecule has 0 aliphatic heterocycles. The number of carbonyl (C=O) groups is 1. The zero-order valence-corrected chi connectivity index (χ0v) is 15.3. The molecule has 0 fully saturated rings. The quantitative estimate of drug-likeness (QED) is 0.430. The molecule has 28 heavy (non-hydrogen) atoms. The van der Waals surface area contributed by atoms with Crippen LogP contribution in [0, 0.1) is 0 Å². The smallest absolute Gasteiger partial charge is 0.366 e. The van der Waals surface area contributed by atoms with Crippen LogP contribution in [0.1, 0.15) is 15.9 Å². The third kappa shape index (κ3) is 3.27. The van der Waals surface area contributed by atoms with Crippen LogP contribution in [0.15, 0.2) is 72.8 Å². The minimum Gasteiger partial charge on any atom is -0.366 e. The summed E-state index contributed by atoms with van der Waals surface area (Å²) < 4.78 is 39.3. The van der Waals surface area contributed by atoms with Gasteiger partial charge in [0.15, 0.2) is 0 Å². The first kappa shape index (κ1) is 18.3. The number of benzene rings is 3. The summed E-state index contributed by atoms with van der Waals surface area (Å²) in [4.78, 5) is 12.7. The van der Waals surface area contributed by atoms with E-state index in [0.29, 0.717) is 21.4 Å². The number of primary amides is 1. The number of thiophene rings is 1. The summed E-state index contributed by atoms with van der Waals surface area (Å²) in [7, 11) is 0. The second-order valence-corrected chi connectivity index (χ2v) is 7.37. The first-order chi connectivity index (χ1) is 13.3. The molecular weight excluding hydrogens is 383 g/mol. The zero-order chi connectivity index (χ0) is 19.9. The molecule has 6 heteroatoms. The van der Waals surface area contributed by atoms with Crippen molar-refractivity contribution in [1.82, 2.24) is 0 Å². The van der Waals surface area contributed by atoms with E-state index < -0.39 is 17.6 Å². The van der Waals surface area contributed by atoms with Crippen LogP contribution in [-0.4, -0.2) is 5.91 Å². The molecule has 3 aromatic carbocycles. The summed E-state index contributed by atoms with van der Waals surface area (Å²) in [5.41, 5.74) is 7.76. The van der Waals surface area contributed by atoms with E-state index in [0.717, 1.165) is 28.0 Å². The summed E-state index contributed by atoms with van der Waals surface area (Å²) >= 11 is 1.35. The SMILES string of the molecule is NC(=O)c1c(-c2ccc(C(F)(F)F)cc2)sc2cc(-c3ccccc3)ccc12. The van der Waals surface area contributed by atoms with Crippen LogP contribution < -0.4 is 5.73 Å². The van der Waals surface area contributed by atoms with Gasteiger partial charge in [0.25, 0.3) is 5.91 Å². The number of carbonyl (C=O) groups excluding carboxylic acids is 1. The molecule has 4 rings (SSSR count). The number of fused-ring (bicyclic) bond motifs is 1. The molecule has 0 radical (unpaired) electrons. The molecule has 1 heterocycles. The average molecular weight is 397 g/mol. The topological polar surface area (TPSA) is 43.1 Å². The summed E-state index contributed by atoms with van der Waals surface area (Å²) in [6, 6.07) is 20.3. The molecule has 0 unspecified atom stereocenters. The van der Waals surface area contributed by atoms with Crippen molar-refractivity contribution in [2.24, 2.45) is 5.73 Å². The van der Waals surface area contributed by atoms with Gasteiger partial charge in [-0.1, -0.05) is 54.6 Å². The van der Waals surface area contributed by atoms with Crippen molar-refractivity contribution in [1.29, 1.82) is 0 Å². The van der Waals surface area contributed by atoms with E-state index in [1.165, 1.54) is 23.5 Å². The van der Waals surface area contributed by atoms with Gasteiger partial charge in [0.1, 0.15) is 0 Å². The highest BCUT2D eigenvalue weighted by atomic mass is 32.1. The number of hydrogen-bond acceptors (Lipinski definition) is 2. The maximum Gasteiger partial charge on any atom is 0.416 e. The van der Waals surface area contributed by atoms with E-state index >= 15 is 0 Å². The van der Waals surface area contributed by atoms with Crippen molar-refractivity contribution in [2.75, 3.05) is 0 Å². The van der Waals surface area contributed by atoms with Gasteiger partial charge in [0, 0.05) is 15.0 Å². The van der Waals surface area contributed by atoms with Crippen LogP contribution in [-0.2, 0) is 6.18 Å². The molecule has 0 atom stereocenters. The second-order valence-electron chi connectivity index (χ2n) is 6.32. The third-order valence-corrected chi connectivity index (χ3v) is 5.72. The molecule has 0 saturated carbocycles. The summed E-state index contributed by atoms with van der Waals surface area (Å²) in [5, 5.41) is 0.701. The Morgan fingerprint density at radius 3 is 2.07 bits per heavy atom. The molecule has 0 saturated heterocycles. The molecular formula is C22H14F3NOS. The highest BCUT2D eigenvalue weighted by Gasteiger charge is 2.30. The Morgan fingerprint density at radius 1 is 0.821 bits per heavy atom. The van der Waals surface area contributed by atoms with Crippen molar-refractivity contribution < 1.29 is 18.0 Å². The Kier molecular flexibility index (Phi) is 4.43. The van der Waals surface area contributed by atoms with Crippen LogP contribution in [0.3, 0.4) is 0 Å². The van der Waals surface area contributed by atoms with Crippen molar-refractivity contribution in [3.8, 4) is 21.6 Å². The predicted molar refractivity (Wildman–Crippen MR) is 106 cm³/mol. The van der Waals surface area contributed by atoms with Crippen LogP contribution in [0.5, 0.6) is 0 Å². The Hall–Kier alpha value is -3.12. The van der Waals surface area contributed by atoms with Crippen molar-refractivity contribution >= 4 is 27.3 Å². The van der Waals surface area contributed by atoms with Crippen LogP contribution >= 0.6 is 11.3 Å². The standard InChI is InChI=1S/C22H14F3NOS/c23-22(24,25)16-9-6-14(7-10-16)20-19(21(26)27)17-11-8-15(12-18(17)28-20)13-4-2-1-3-5-13/h1-12H,(H2,26,27). The molecule has 1 aromatic heterocycles. The predicted octanol–water partition coefficient (Wildman–Crippen LogP) is 6.35. The Morgan fingerprint density at radius 2 is 1.46 bits per heavy atom. The zero-order valence-electron chi connectivity index (χ0n) is 14.5. The van der Waals surface area contributed by atoms with Crippen molar-refractivity contribution in [2.45, 2.75) is 6.18 Å². The molecule has 2 N–H and O–H groups in total. The van der Waals surface area contributed by atoms with Crippen LogP contribution in [0.4, 0.5) is 13.2 Å². The number of alkyl halides is 3. The maximum atomic E-state index is 12.8. The van der Waals surface area contributed by atoms with Gasteiger partial charge in [-0.25, -0.2) is 0 Å². The van der Waals surface area contributed by atoms with Crippen LogP contribution in [0.2, 0.25) is 0 Å². The van der Waals surface area contributed by atoms with E-state index in [-0.39, 0.29) is 0 Å². The van der Waals surface area contributed by atoms with Crippen LogP contribution in [0.25, 0.3) is 31.7 Å². The van der Waals surface area contributed by atoms with Gasteiger partial charge in [-0.3, -0.25) is 4.79 Å². The highest BCUT2D eigenvalue weighted by molar-refractivity contribution is 7.22. The molecule has 0 bridgehead atoms. The lowest BCUT2D eigenvalue weighted by atomic mass is 10.0. The van der Waals surface area contributed by atoms with E-state index in [2.05, 4.69) is 0 Å². The molecule has 0 aliphatic carbocycles. The van der Waals surface area contributed by atoms with E-state index in [4.69, 9.17) is 5.73 Å². The number of hydrogen-bond donors (Lipinski definition) is 1. The van der Waals surface area contributed by atoms with Gasteiger partial charge in [-0.05, 0) is 34.9 Å². The number of rotatable bonds is 3. The molecule has 0 spiro atoms. The number of nitrogens with two attached hydrogens (primary N) is 1. The molecule has 4 aromatic rings. The fourth-order valence-electron chi connectivity index (χ4n) is 3.17. The monoisotopic (exact) mass is 397 g/mol. The Balaban J connectivity index is 1.86. The van der Waals surface area contributed by atoms with Gasteiger partial charge in [-0.2, -0.15) is 13.2 Å². The van der Waals surface area contributed by atoms with E-state index in [1.807, 2.05) is 48.5 Å². The lowest BCUT2D eigenvalue weighted by molar-refractivity contribution is -0.137. The molecule has 1 amide bonds. The summed E-state index contributed by atoms with van der Waals surface area (Å²) in [5.74, 6) is -0.603. The highest BCUT2D eigenvalue weighted by Crippen LogP contribution is 2.41. The third-order valence-electron chi connectivity index (χ3n) is 4.52. The minimum atomic E-state index is -4.41. The fourth-order valence-corrected chi connectivity index (χ4v) is 4.42.